The zero-order valence-corrected chi connectivity index (χ0v) is 22.5. The lowest BCUT2D eigenvalue weighted by Gasteiger charge is -2.39. The van der Waals surface area contributed by atoms with Gasteiger partial charge in [-0.1, -0.05) is 43.7 Å². The Morgan fingerprint density at radius 3 is 2.65 bits per heavy atom. The molecule has 0 aromatic heterocycles. The fraction of sp³-hybridized carbons (Fsp3) is 0.679. The van der Waals surface area contributed by atoms with Crippen molar-refractivity contribution in [2.75, 3.05) is 19.7 Å². The molecule has 9 heteroatoms. The molecule has 0 unspecified atom stereocenters. The second-order valence-electron chi connectivity index (χ2n) is 10.5. The van der Waals surface area contributed by atoms with E-state index in [9.17, 15) is 14.7 Å². The third-order valence-corrected chi connectivity index (χ3v) is 7.37. The fourth-order valence-electron chi connectivity index (χ4n) is 5.04. The molecule has 0 bridgehead atoms. The quantitative estimate of drug-likeness (QED) is 0.186. The van der Waals surface area contributed by atoms with E-state index in [1.165, 1.54) is 6.08 Å². The molecule has 1 radical (unpaired) electrons. The van der Waals surface area contributed by atoms with Crippen molar-refractivity contribution in [1.82, 2.24) is 10.6 Å². The minimum atomic E-state index is -0.778. The highest BCUT2D eigenvalue weighted by atomic mass is 16.6. The van der Waals surface area contributed by atoms with Gasteiger partial charge in [0.05, 0.1) is 37.4 Å². The van der Waals surface area contributed by atoms with E-state index in [0.29, 0.717) is 26.1 Å². The maximum Gasteiger partial charge on any atom is 0.243 e. The summed E-state index contributed by atoms with van der Waals surface area (Å²) in [7, 11) is 0. The van der Waals surface area contributed by atoms with E-state index < -0.39 is 17.8 Å². The van der Waals surface area contributed by atoms with Gasteiger partial charge in [-0.25, -0.2) is 0 Å². The molecule has 3 rings (SSSR count). The largest absolute Gasteiger partial charge is 0.387 e. The van der Waals surface area contributed by atoms with Crippen LogP contribution < -0.4 is 16.4 Å². The van der Waals surface area contributed by atoms with Crippen molar-refractivity contribution < 1.29 is 28.9 Å². The van der Waals surface area contributed by atoms with E-state index in [0.717, 1.165) is 18.4 Å². The Kier molecular flexibility index (Phi) is 10.9. The molecule has 37 heavy (non-hydrogen) atoms. The molecule has 3 heterocycles. The fourth-order valence-corrected chi connectivity index (χ4v) is 5.04. The maximum absolute atomic E-state index is 12.1. The summed E-state index contributed by atoms with van der Waals surface area (Å²) >= 11 is 0. The number of aliphatic hydroxyl groups is 1. The first-order chi connectivity index (χ1) is 17.7. The molecule has 0 aromatic rings. The van der Waals surface area contributed by atoms with Crippen LogP contribution in [0.4, 0.5) is 0 Å². The summed E-state index contributed by atoms with van der Waals surface area (Å²) in [5, 5.41) is 16.6. The van der Waals surface area contributed by atoms with Crippen molar-refractivity contribution in [1.29, 1.82) is 0 Å². The second kappa shape index (κ2) is 13.7. The van der Waals surface area contributed by atoms with Gasteiger partial charge in [-0.2, -0.15) is 0 Å². The molecule has 8 atom stereocenters. The van der Waals surface area contributed by atoms with Crippen LogP contribution >= 0.6 is 0 Å². The van der Waals surface area contributed by atoms with E-state index in [-0.39, 0.29) is 48.5 Å². The van der Waals surface area contributed by atoms with Crippen molar-refractivity contribution in [2.45, 2.75) is 95.5 Å². The average Bonchev–Trinajstić information content (AvgIpc) is 3.63. The number of hydrogen-bond donors (Lipinski definition) is 4. The summed E-state index contributed by atoms with van der Waals surface area (Å²) in [5.74, 6) is 0.0711. The van der Waals surface area contributed by atoms with Crippen LogP contribution in [0.25, 0.3) is 0 Å². The smallest absolute Gasteiger partial charge is 0.243 e. The normalized spacial score (nSPS) is 36.3. The Morgan fingerprint density at radius 1 is 1.22 bits per heavy atom. The van der Waals surface area contributed by atoms with Crippen LogP contribution in [0, 0.1) is 12.3 Å². The zero-order valence-electron chi connectivity index (χ0n) is 22.5. The molecule has 207 valence electrons. The van der Waals surface area contributed by atoms with Gasteiger partial charge in [0.1, 0.15) is 17.8 Å². The summed E-state index contributed by atoms with van der Waals surface area (Å²) in [6.45, 7) is 9.31. The van der Waals surface area contributed by atoms with Gasteiger partial charge in [-0.15, -0.1) is 0 Å². The average molecular weight is 519 g/mol. The lowest BCUT2D eigenvalue weighted by molar-refractivity contribution is -0.145. The van der Waals surface area contributed by atoms with Crippen LogP contribution in [0.15, 0.2) is 36.0 Å². The van der Waals surface area contributed by atoms with Crippen molar-refractivity contribution in [3.8, 4) is 0 Å². The number of amides is 2. The predicted molar refractivity (Wildman–Crippen MR) is 141 cm³/mol. The first-order valence-corrected chi connectivity index (χ1v) is 13.4. The van der Waals surface area contributed by atoms with Gasteiger partial charge in [0, 0.05) is 19.5 Å². The first-order valence-electron chi connectivity index (χ1n) is 13.4. The van der Waals surface area contributed by atoms with E-state index in [1.54, 1.807) is 6.08 Å². The van der Waals surface area contributed by atoms with Crippen LogP contribution in [-0.4, -0.2) is 78.8 Å². The number of allylic oxidation sites excluding steroid dienone is 3. The monoisotopic (exact) mass is 518 g/mol. The predicted octanol–water partition coefficient (Wildman–Crippen LogP) is 1.71. The molecule has 1 spiro atoms. The number of hydrogen-bond acceptors (Lipinski definition) is 7. The Morgan fingerprint density at radius 2 is 1.97 bits per heavy atom. The molecule has 3 aliphatic heterocycles. The van der Waals surface area contributed by atoms with Gasteiger partial charge in [0.15, 0.2) is 0 Å². The highest BCUT2D eigenvalue weighted by Gasteiger charge is 2.58. The Labute approximate surface area is 220 Å². The van der Waals surface area contributed by atoms with Crippen LogP contribution in [0.1, 0.15) is 53.4 Å². The van der Waals surface area contributed by atoms with Crippen molar-refractivity contribution in [3.63, 3.8) is 0 Å². The number of ether oxygens (including phenoxy) is 3. The van der Waals surface area contributed by atoms with Gasteiger partial charge < -0.3 is 35.7 Å². The highest BCUT2D eigenvalue weighted by molar-refractivity contribution is 5.87. The molecule has 3 aliphatic rings. The van der Waals surface area contributed by atoms with Gasteiger partial charge >= 0.3 is 0 Å². The van der Waals surface area contributed by atoms with Gasteiger partial charge in [-0.3, -0.25) is 9.59 Å². The zero-order chi connectivity index (χ0) is 27.0. The number of rotatable bonds is 11. The summed E-state index contributed by atoms with van der Waals surface area (Å²) in [6, 6.07) is -0.0162. The molecule has 3 fully saturated rings. The molecule has 0 saturated carbocycles. The Hall–Kier alpha value is -2.04. The third-order valence-electron chi connectivity index (χ3n) is 7.37. The number of carbonyl (C=O) groups is 2. The number of nitrogens with two attached hydrogens (primary N) is 1. The molecular formula is C28H44N3O6. The SMILES string of the molecule is C[CH]/C=C\C(=O)N[C@@H]1C[C@H](C)[C@H](C/C=C(C)/C=C/[C@H]2O[C@H](CC(=O)NCCN)C[C@@]3(CO3)[C@@H]2O)O[C@@H]1C. The third kappa shape index (κ3) is 8.48. The van der Waals surface area contributed by atoms with Crippen LogP contribution in [0.2, 0.25) is 0 Å². The molecule has 5 N–H and O–H groups in total. The molecular weight excluding hydrogens is 474 g/mol. The van der Waals surface area contributed by atoms with Crippen LogP contribution in [-0.2, 0) is 23.8 Å². The molecule has 0 aromatic carbocycles. The first kappa shape index (κ1) is 29.5. The lowest BCUT2D eigenvalue weighted by Crippen LogP contribution is -2.51. The maximum atomic E-state index is 12.1. The van der Waals surface area contributed by atoms with E-state index in [4.69, 9.17) is 19.9 Å². The molecule has 9 nitrogen and oxygen atoms in total. The molecule has 3 saturated heterocycles. The summed E-state index contributed by atoms with van der Waals surface area (Å²) < 4.78 is 17.9. The summed E-state index contributed by atoms with van der Waals surface area (Å²) in [5.41, 5.74) is 5.86. The number of epoxide rings is 1. The highest BCUT2D eigenvalue weighted by Crippen LogP contribution is 2.43. The standard InChI is InChI=1S/C28H44N3O6/c1-5-6-7-25(32)31-22-14-19(3)23(36-20(22)4)10-8-18(2)9-11-24-27(34)28(17-35-28)16-21(37-24)15-26(33)30-13-12-29/h5-9,11,19-24,27,34H,10,12-17,29H2,1-4H3,(H,30,33)(H,31,32)/b7-6-,11-9+,18-8+/t19-,20+,21+,22+,23-,24+,27+,28+/m0/s1. The van der Waals surface area contributed by atoms with Crippen molar-refractivity contribution >= 4 is 11.8 Å². The minimum Gasteiger partial charge on any atom is -0.387 e. The Balaban J connectivity index is 1.52. The van der Waals surface area contributed by atoms with Crippen molar-refractivity contribution in [2.24, 2.45) is 11.7 Å². The van der Waals surface area contributed by atoms with E-state index in [2.05, 4.69) is 23.6 Å². The van der Waals surface area contributed by atoms with E-state index >= 15 is 0 Å². The second-order valence-corrected chi connectivity index (χ2v) is 10.5. The number of aliphatic hydroxyl groups excluding tert-OH is 1. The molecule has 2 amide bonds. The summed E-state index contributed by atoms with van der Waals surface area (Å²) in [6.07, 6.45) is 11.6. The minimum absolute atomic E-state index is 0.0162. The summed E-state index contributed by atoms with van der Waals surface area (Å²) in [4.78, 5) is 24.2. The Bertz CT molecular complexity index is 868. The van der Waals surface area contributed by atoms with Gasteiger partial charge in [0.2, 0.25) is 11.8 Å². The topological polar surface area (TPSA) is 135 Å². The van der Waals surface area contributed by atoms with E-state index in [1.807, 2.05) is 39.3 Å². The number of carbonyl (C=O) groups excluding carboxylic acids is 2. The van der Waals surface area contributed by atoms with Gasteiger partial charge in [-0.05, 0) is 45.1 Å². The van der Waals surface area contributed by atoms with Crippen molar-refractivity contribution in [3.05, 3.63) is 42.4 Å². The number of nitrogens with one attached hydrogen (secondary N) is 2. The lowest BCUT2D eigenvalue weighted by atomic mass is 9.87. The molecule has 0 aliphatic carbocycles. The van der Waals surface area contributed by atoms with Gasteiger partial charge in [0.25, 0.3) is 0 Å². The van der Waals surface area contributed by atoms with Crippen LogP contribution in [0.5, 0.6) is 0 Å². The van der Waals surface area contributed by atoms with Crippen LogP contribution in [0.3, 0.4) is 0 Å².